The van der Waals surface area contributed by atoms with Crippen LogP contribution in [0.4, 0.5) is 5.82 Å². The Morgan fingerprint density at radius 2 is 2.06 bits per heavy atom. The van der Waals surface area contributed by atoms with Gasteiger partial charge in [0.2, 0.25) is 0 Å². The summed E-state index contributed by atoms with van der Waals surface area (Å²) in [6.07, 6.45) is 0. The molecule has 0 bridgehead atoms. The van der Waals surface area contributed by atoms with Crippen LogP contribution in [0.25, 0.3) is 11.3 Å². The number of ether oxygens (including phenoxy) is 1. The van der Waals surface area contributed by atoms with Crippen LogP contribution in [0.15, 0.2) is 18.2 Å². The van der Waals surface area contributed by atoms with E-state index in [0.717, 1.165) is 22.6 Å². The predicted octanol–water partition coefficient (Wildman–Crippen LogP) is 2.64. The van der Waals surface area contributed by atoms with Gasteiger partial charge < -0.3 is 10.5 Å². The fourth-order valence-electron chi connectivity index (χ4n) is 1.77. The van der Waals surface area contributed by atoms with Crippen molar-refractivity contribution in [3.63, 3.8) is 0 Å². The van der Waals surface area contributed by atoms with Crippen LogP contribution in [0.5, 0.6) is 5.75 Å². The van der Waals surface area contributed by atoms with Gasteiger partial charge in [-0.25, -0.2) is 0 Å². The third-order valence-corrected chi connectivity index (χ3v) is 3.06. The van der Waals surface area contributed by atoms with Gasteiger partial charge in [0.15, 0.2) is 0 Å². The van der Waals surface area contributed by atoms with E-state index in [2.05, 4.69) is 5.10 Å². The van der Waals surface area contributed by atoms with E-state index in [9.17, 15) is 0 Å². The molecule has 2 aromatic rings. The minimum absolute atomic E-state index is 0.473. The first kappa shape index (κ1) is 11.8. The third kappa shape index (κ3) is 2.08. The summed E-state index contributed by atoms with van der Waals surface area (Å²) in [5.74, 6) is 1.23. The van der Waals surface area contributed by atoms with Crippen LogP contribution < -0.4 is 10.5 Å². The second-order valence-corrected chi connectivity index (χ2v) is 4.29. The Morgan fingerprint density at radius 3 is 2.59 bits per heavy atom. The zero-order chi connectivity index (χ0) is 12.6. The van der Waals surface area contributed by atoms with E-state index >= 15 is 0 Å². The van der Waals surface area contributed by atoms with E-state index < -0.39 is 0 Å². The van der Waals surface area contributed by atoms with Crippen LogP contribution in [-0.4, -0.2) is 16.9 Å². The van der Waals surface area contributed by atoms with Crippen molar-refractivity contribution in [1.29, 1.82) is 0 Å². The Morgan fingerprint density at radius 1 is 1.35 bits per heavy atom. The first-order valence-corrected chi connectivity index (χ1v) is 5.54. The van der Waals surface area contributed by atoms with E-state index in [0.29, 0.717) is 10.8 Å². The molecule has 0 atom stereocenters. The molecule has 5 heteroatoms. The van der Waals surface area contributed by atoms with Gasteiger partial charge in [0.25, 0.3) is 0 Å². The number of nitrogen functional groups attached to an aromatic ring is 1. The number of rotatable bonds is 2. The van der Waals surface area contributed by atoms with Crippen LogP contribution in [0.1, 0.15) is 5.56 Å². The monoisotopic (exact) mass is 251 g/mol. The SMILES string of the molecule is COc1cc(C)c(Cl)cc1-c1cc(N)nn1C. The van der Waals surface area contributed by atoms with Gasteiger partial charge >= 0.3 is 0 Å². The molecule has 0 unspecified atom stereocenters. The number of aromatic nitrogens is 2. The quantitative estimate of drug-likeness (QED) is 0.893. The Labute approximate surface area is 105 Å². The highest BCUT2D eigenvalue weighted by molar-refractivity contribution is 6.31. The normalized spacial score (nSPS) is 10.6. The number of nitrogens with two attached hydrogens (primary N) is 1. The number of halogens is 1. The van der Waals surface area contributed by atoms with Crippen LogP contribution >= 0.6 is 11.6 Å². The molecule has 0 spiro atoms. The van der Waals surface area contributed by atoms with Crippen molar-refractivity contribution < 1.29 is 4.74 Å². The second-order valence-electron chi connectivity index (χ2n) is 3.88. The minimum atomic E-state index is 0.473. The first-order chi connectivity index (χ1) is 8.02. The molecule has 0 amide bonds. The topological polar surface area (TPSA) is 53.1 Å². The summed E-state index contributed by atoms with van der Waals surface area (Å²) in [7, 11) is 3.46. The van der Waals surface area contributed by atoms with Gasteiger partial charge in [-0.1, -0.05) is 11.6 Å². The maximum absolute atomic E-state index is 6.14. The predicted molar refractivity (Wildman–Crippen MR) is 69.4 cm³/mol. The molecule has 0 aliphatic heterocycles. The fourth-order valence-corrected chi connectivity index (χ4v) is 1.93. The smallest absolute Gasteiger partial charge is 0.146 e. The van der Waals surface area contributed by atoms with E-state index in [-0.39, 0.29) is 0 Å². The Bertz CT molecular complexity index is 563. The Balaban J connectivity index is 2.66. The number of hydrogen-bond acceptors (Lipinski definition) is 3. The number of nitrogens with zero attached hydrogens (tertiary/aromatic N) is 2. The summed E-state index contributed by atoms with van der Waals surface area (Å²) in [4.78, 5) is 0. The third-order valence-electron chi connectivity index (χ3n) is 2.66. The maximum atomic E-state index is 6.14. The molecular formula is C12H14ClN3O. The molecular weight excluding hydrogens is 238 g/mol. The van der Waals surface area contributed by atoms with Crippen molar-refractivity contribution in [2.24, 2.45) is 7.05 Å². The molecule has 4 nitrogen and oxygen atoms in total. The molecule has 1 aromatic heterocycles. The molecule has 1 aromatic carbocycles. The van der Waals surface area contributed by atoms with Crippen molar-refractivity contribution in [3.8, 4) is 17.0 Å². The lowest BCUT2D eigenvalue weighted by Crippen LogP contribution is -1.97. The molecule has 17 heavy (non-hydrogen) atoms. The second kappa shape index (κ2) is 4.30. The average Bonchev–Trinajstić information content (AvgIpc) is 2.61. The first-order valence-electron chi connectivity index (χ1n) is 5.17. The molecule has 0 aliphatic rings. The van der Waals surface area contributed by atoms with Crippen LogP contribution in [0, 0.1) is 6.92 Å². The molecule has 0 aliphatic carbocycles. The summed E-state index contributed by atoms with van der Waals surface area (Å²) in [5, 5.41) is 4.81. The maximum Gasteiger partial charge on any atom is 0.146 e. The zero-order valence-corrected chi connectivity index (χ0v) is 10.7. The average molecular weight is 252 g/mol. The van der Waals surface area contributed by atoms with Gasteiger partial charge in [0.1, 0.15) is 11.6 Å². The lowest BCUT2D eigenvalue weighted by atomic mass is 10.1. The van der Waals surface area contributed by atoms with Crippen molar-refractivity contribution in [2.45, 2.75) is 6.92 Å². The lowest BCUT2D eigenvalue weighted by molar-refractivity contribution is 0.415. The van der Waals surface area contributed by atoms with Gasteiger partial charge in [-0.05, 0) is 24.6 Å². The summed E-state index contributed by atoms with van der Waals surface area (Å²) in [6.45, 7) is 1.94. The molecule has 0 saturated heterocycles. The number of anilines is 1. The van der Waals surface area contributed by atoms with Gasteiger partial charge in [-0.2, -0.15) is 5.10 Å². The number of aryl methyl sites for hydroxylation is 2. The van der Waals surface area contributed by atoms with E-state index in [1.165, 1.54) is 0 Å². The molecule has 2 rings (SSSR count). The summed E-state index contributed by atoms with van der Waals surface area (Å²) in [6, 6.07) is 5.57. The highest BCUT2D eigenvalue weighted by Crippen LogP contribution is 2.34. The van der Waals surface area contributed by atoms with Crippen LogP contribution in [0.3, 0.4) is 0 Å². The largest absolute Gasteiger partial charge is 0.496 e. The molecule has 90 valence electrons. The van der Waals surface area contributed by atoms with Gasteiger partial charge in [0, 0.05) is 23.7 Å². The minimum Gasteiger partial charge on any atom is -0.496 e. The molecule has 1 heterocycles. The van der Waals surface area contributed by atoms with Crippen LogP contribution in [-0.2, 0) is 7.05 Å². The standard InChI is InChI=1S/C12H14ClN3O/c1-7-4-11(17-3)8(5-9(7)13)10-6-12(14)15-16(10)2/h4-6H,1-3H3,(H2,14,15). The van der Waals surface area contributed by atoms with E-state index in [4.69, 9.17) is 22.1 Å². The number of benzene rings is 1. The number of hydrogen-bond donors (Lipinski definition) is 1. The van der Waals surface area contributed by atoms with Crippen molar-refractivity contribution in [1.82, 2.24) is 9.78 Å². The number of methoxy groups -OCH3 is 1. The van der Waals surface area contributed by atoms with Gasteiger partial charge in [-0.15, -0.1) is 0 Å². The Kier molecular flexibility index (Phi) is 2.98. The fraction of sp³-hybridized carbons (Fsp3) is 0.250. The zero-order valence-electron chi connectivity index (χ0n) is 9.99. The van der Waals surface area contributed by atoms with Gasteiger partial charge in [-0.3, -0.25) is 4.68 Å². The summed E-state index contributed by atoms with van der Waals surface area (Å²) < 4.78 is 7.07. The van der Waals surface area contributed by atoms with E-state index in [1.807, 2.05) is 26.1 Å². The highest BCUT2D eigenvalue weighted by Gasteiger charge is 2.13. The molecule has 2 N–H and O–H groups in total. The highest BCUT2D eigenvalue weighted by atomic mass is 35.5. The Hall–Kier alpha value is -1.68. The molecule has 0 saturated carbocycles. The molecule has 0 fully saturated rings. The van der Waals surface area contributed by atoms with E-state index in [1.54, 1.807) is 17.9 Å². The summed E-state index contributed by atoms with van der Waals surface area (Å²) in [5.41, 5.74) is 8.41. The van der Waals surface area contributed by atoms with Gasteiger partial charge in [0.05, 0.1) is 12.8 Å². The van der Waals surface area contributed by atoms with Crippen molar-refractivity contribution in [2.75, 3.05) is 12.8 Å². The van der Waals surface area contributed by atoms with Crippen molar-refractivity contribution in [3.05, 3.63) is 28.8 Å². The lowest BCUT2D eigenvalue weighted by Gasteiger charge is -2.10. The van der Waals surface area contributed by atoms with Crippen LogP contribution in [0.2, 0.25) is 5.02 Å². The van der Waals surface area contributed by atoms with Crippen molar-refractivity contribution >= 4 is 17.4 Å². The summed E-state index contributed by atoms with van der Waals surface area (Å²) >= 11 is 6.14. The molecule has 0 radical (unpaired) electrons.